The van der Waals surface area contributed by atoms with Gasteiger partial charge in [-0.05, 0) is 56.5 Å². The van der Waals surface area contributed by atoms with Crippen LogP contribution >= 0.6 is 23.2 Å². The normalized spacial score (nSPS) is 24.0. The molecule has 0 radical (unpaired) electrons. The van der Waals surface area contributed by atoms with Gasteiger partial charge in [-0.1, -0.05) is 29.3 Å². The third-order valence-electron chi connectivity index (χ3n) is 5.45. The van der Waals surface area contributed by atoms with Gasteiger partial charge in [0.2, 0.25) is 11.8 Å². The fourth-order valence-corrected chi connectivity index (χ4v) is 4.32. The standard InChI is InChI=1S/C19H25Cl2N3O2/c20-16-4-3-13(9-17(16)21)10-18(25)24-8-5-14(19(22)26)11-15(24)12-23-6-1-2-7-23/h3-4,9,14-15H,1-2,5-8,10-12H2,(H2,22,26)/t14-,15+/m0/s1. The third-order valence-corrected chi connectivity index (χ3v) is 6.18. The number of hydrogen-bond acceptors (Lipinski definition) is 3. The predicted molar refractivity (Wildman–Crippen MR) is 103 cm³/mol. The van der Waals surface area contributed by atoms with Crippen LogP contribution in [-0.2, 0) is 16.0 Å². The van der Waals surface area contributed by atoms with E-state index in [9.17, 15) is 9.59 Å². The Hall–Kier alpha value is -1.30. The SMILES string of the molecule is NC(=O)[C@H]1CCN(C(=O)Cc2ccc(Cl)c(Cl)c2)[C@@H](CN2CCCC2)C1. The molecule has 2 heterocycles. The molecule has 0 aliphatic carbocycles. The Morgan fingerprint density at radius 3 is 2.50 bits per heavy atom. The summed E-state index contributed by atoms with van der Waals surface area (Å²) in [5, 5.41) is 0.940. The number of benzene rings is 1. The lowest BCUT2D eigenvalue weighted by Crippen LogP contribution is -2.53. The van der Waals surface area contributed by atoms with Gasteiger partial charge in [0.1, 0.15) is 0 Å². The van der Waals surface area contributed by atoms with Crippen LogP contribution in [0.15, 0.2) is 18.2 Å². The van der Waals surface area contributed by atoms with E-state index in [1.807, 2.05) is 11.0 Å². The topological polar surface area (TPSA) is 66.6 Å². The molecular weight excluding hydrogens is 373 g/mol. The smallest absolute Gasteiger partial charge is 0.227 e. The van der Waals surface area contributed by atoms with Gasteiger partial charge in [0.15, 0.2) is 0 Å². The number of halogens is 2. The molecule has 0 aromatic heterocycles. The Kier molecular flexibility index (Phi) is 6.43. The highest BCUT2D eigenvalue weighted by molar-refractivity contribution is 6.42. The predicted octanol–water partition coefficient (Wildman–Crippen LogP) is 2.72. The van der Waals surface area contributed by atoms with Crippen molar-refractivity contribution >= 4 is 35.0 Å². The van der Waals surface area contributed by atoms with E-state index in [4.69, 9.17) is 28.9 Å². The van der Waals surface area contributed by atoms with Crippen molar-refractivity contribution in [3.8, 4) is 0 Å². The number of piperidine rings is 1. The van der Waals surface area contributed by atoms with Gasteiger partial charge in [-0.2, -0.15) is 0 Å². The molecule has 2 saturated heterocycles. The van der Waals surface area contributed by atoms with Crippen molar-refractivity contribution in [2.24, 2.45) is 11.7 Å². The summed E-state index contributed by atoms with van der Waals surface area (Å²) in [4.78, 5) is 28.9. The van der Waals surface area contributed by atoms with Gasteiger partial charge < -0.3 is 15.5 Å². The maximum absolute atomic E-state index is 12.9. The summed E-state index contributed by atoms with van der Waals surface area (Å²) in [6, 6.07) is 5.33. The molecule has 1 aromatic rings. The molecule has 2 fully saturated rings. The van der Waals surface area contributed by atoms with Crippen LogP contribution < -0.4 is 5.73 Å². The molecule has 7 heteroatoms. The van der Waals surface area contributed by atoms with E-state index in [1.54, 1.807) is 12.1 Å². The number of primary amides is 1. The zero-order chi connectivity index (χ0) is 18.7. The summed E-state index contributed by atoms with van der Waals surface area (Å²) in [5.41, 5.74) is 6.38. The first-order chi connectivity index (χ1) is 12.4. The van der Waals surface area contributed by atoms with E-state index in [0.29, 0.717) is 29.4 Å². The first kappa shape index (κ1) is 19.5. The molecule has 0 bridgehead atoms. The highest BCUT2D eigenvalue weighted by atomic mass is 35.5. The molecule has 2 N–H and O–H groups in total. The Bertz CT molecular complexity index is 677. The van der Waals surface area contributed by atoms with E-state index in [-0.39, 0.29) is 30.2 Å². The van der Waals surface area contributed by atoms with Crippen LogP contribution in [0, 0.1) is 5.92 Å². The second-order valence-electron chi connectivity index (χ2n) is 7.30. The molecule has 3 rings (SSSR count). The first-order valence-electron chi connectivity index (χ1n) is 9.19. The second kappa shape index (κ2) is 8.59. The van der Waals surface area contributed by atoms with Crippen molar-refractivity contribution in [3.63, 3.8) is 0 Å². The van der Waals surface area contributed by atoms with Crippen LogP contribution in [0.3, 0.4) is 0 Å². The quantitative estimate of drug-likeness (QED) is 0.830. The van der Waals surface area contributed by atoms with Crippen molar-refractivity contribution in [1.82, 2.24) is 9.80 Å². The van der Waals surface area contributed by atoms with Crippen LogP contribution in [0.2, 0.25) is 10.0 Å². The largest absolute Gasteiger partial charge is 0.369 e. The van der Waals surface area contributed by atoms with Crippen molar-refractivity contribution in [2.45, 2.75) is 38.1 Å². The average molecular weight is 398 g/mol. The molecule has 5 nitrogen and oxygen atoms in total. The van der Waals surface area contributed by atoms with Crippen molar-refractivity contribution in [1.29, 1.82) is 0 Å². The zero-order valence-corrected chi connectivity index (χ0v) is 16.3. The third kappa shape index (κ3) is 4.70. The van der Waals surface area contributed by atoms with E-state index in [0.717, 1.165) is 25.2 Å². The molecule has 2 amide bonds. The van der Waals surface area contributed by atoms with Crippen LogP contribution in [0.4, 0.5) is 0 Å². The summed E-state index contributed by atoms with van der Waals surface area (Å²) in [6.07, 6.45) is 3.97. The number of carbonyl (C=O) groups excluding carboxylic acids is 2. The van der Waals surface area contributed by atoms with Crippen molar-refractivity contribution in [3.05, 3.63) is 33.8 Å². The minimum absolute atomic E-state index is 0.0367. The van der Waals surface area contributed by atoms with Crippen molar-refractivity contribution in [2.75, 3.05) is 26.2 Å². The number of amides is 2. The number of nitrogens with zero attached hydrogens (tertiary/aromatic N) is 2. The van der Waals surface area contributed by atoms with Gasteiger partial charge in [-0.25, -0.2) is 0 Å². The Morgan fingerprint density at radius 2 is 1.85 bits per heavy atom. The van der Waals surface area contributed by atoms with E-state index >= 15 is 0 Å². The summed E-state index contributed by atoms with van der Waals surface area (Å²) < 4.78 is 0. The fraction of sp³-hybridized carbons (Fsp3) is 0.579. The second-order valence-corrected chi connectivity index (χ2v) is 8.11. The molecule has 2 aliphatic heterocycles. The summed E-state index contributed by atoms with van der Waals surface area (Å²) in [5.74, 6) is -0.333. The number of nitrogens with two attached hydrogens (primary N) is 1. The first-order valence-corrected chi connectivity index (χ1v) is 9.94. The van der Waals surface area contributed by atoms with E-state index in [2.05, 4.69) is 4.90 Å². The molecule has 0 unspecified atom stereocenters. The molecule has 0 saturated carbocycles. The molecule has 0 spiro atoms. The molecule has 2 atom stereocenters. The highest BCUT2D eigenvalue weighted by Gasteiger charge is 2.35. The lowest BCUT2D eigenvalue weighted by molar-refractivity contribution is -0.138. The maximum Gasteiger partial charge on any atom is 0.227 e. The Balaban J connectivity index is 1.70. The summed E-state index contributed by atoms with van der Waals surface area (Å²) >= 11 is 12.0. The maximum atomic E-state index is 12.9. The van der Waals surface area contributed by atoms with Gasteiger partial charge in [-0.3, -0.25) is 9.59 Å². The zero-order valence-electron chi connectivity index (χ0n) is 14.8. The number of rotatable bonds is 5. The van der Waals surface area contributed by atoms with Crippen LogP contribution in [0.1, 0.15) is 31.2 Å². The molecule has 26 heavy (non-hydrogen) atoms. The minimum Gasteiger partial charge on any atom is -0.369 e. The number of carbonyl (C=O) groups is 2. The molecule has 1 aromatic carbocycles. The molecular formula is C19H25Cl2N3O2. The monoisotopic (exact) mass is 397 g/mol. The molecule has 2 aliphatic rings. The highest BCUT2D eigenvalue weighted by Crippen LogP contribution is 2.27. The Labute approximate surface area is 164 Å². The summed E-state index contributed by atoms with van der Waals surface area (Å²) in [6.45, 7) is 3.52. The minimum atomic E-state index is -0.256. The van der Waals surface area contributed by atoms with Crippen molar-refractivity contribution < 1.29 is 9.59 Å². The van der Waals surface area contributed by atoms with E-state index < -0.39 is 0 Å². The average Bonchev–Trinajstić information content (AvgIpc) is 3.11. The van der Waals surface area contributed by atoms with Gasteiger partial charge in [0.25, 0.3) is 0 Å². The van der Waals surface area contributed by atoms with Gasteiger partial charge >= 0.3 is 0 Å². The van der Waals surface area contributed by atoms with Crippen LogP contribution in [-0.4, -0.2) is 53.8 Å². The van der Waals surface area contributed by atoms with Gasteiger partial charge in [0, 0.05) is 25.0 Å². The lowest BCUT2D eigenvalue weighted by atomic mass is 9.89. The van der Waals surface area contributed by atoms with Gasteiger partial charge in [-0.15, -0.1) is 0 Å². The molecule has 142 valence electrons. The van der Waals surface area contributed by atoms with E-state index in [1.165, 1.54) is 12.8 Å². The summed E-state index contributed by atoms with van der Waals surface area (Å²) in [7, 11) is 0. The fourth-order valence-electron chi connectivity index (χ4n) is 4.00. The number of likely N-dealkylation sites (tertiary alicyclic amines) is 2. The van der Waals surface area contributed by atoms with Crippen LogP contribution in [0.5, 0.6) is 0 Å². The lowest BCUT2D eigenvalue weighted by Gasteiger charge is -2.40. The van der Waals surface area contributed by atoms with Gasteiger partial charge in [0.05, 0.1) is 16.5 Å². The van der Waals surface area contributed by atoms with Crippen LogP contribution in [0.25, 0.3) is 0 Å². The number of hydrogen-bond donors (Lipinski definition) is 1. The Morgan fingerprint density at radius 1 is 1.12 bits per heavy atom.